The van der Waals surface area contributed by atoms with E-state index < -0.39 is 0 Å². The number of hydrogen-bond acceptors (Lipinski definition) is 3. The van der Waals surface area contributed by atoms with Crippen LogP contribution in [0.4, 0.5) is 0 Å². The van der Waals surface area contributed by atoms with E-state index in [4.69, 9.17) is 17.5 Å². The first-order chi connectivity index (χ1) is 7.72. The van der Waals surface area contributed by atoms with E-state index in [1.165, 1.54) is 0 Å². The lowest BCUT2D eigenvalue weighted by Crippen LogP contribution is -1.90. The van der Waals surface area contributed by atoms with Gasteiger partial charge in [0.15, 0.2) is 0 Å². The second-order valence-electron chi connectivity index (χ2n) is 3.72. The molecule has 0 N–H and O–H groups in total. The third-order valence-corrected chi connectivity index (χ3v) is 3.08. The lowest BCUT2D eigenvalue weighted by molar-refractivity contribution is 1.09. The molecule has 0 unspecified atom stereocenters. The Hall–Kier alpha value is -1.99. The Labute approximate surface area is 96.9 Å². The summed E-state index contributed by atoms with van der Waals surface area (Å²) in [6, 6.07) is 9.91. The zero-order chi connectivity index (χ0) is 11.3. The Balaban J connectivity index is 2.77. The highest BCUT2D eigenvalue weighted by Gasteiger charge is 2.12. The molecule has 1 aromatic carbocycles. The average Bonchev–Trinajstić information content (AvgIpc) is 2.68. The van der Waals surface area contributed by atoms with E-state index in [1.54, 1.807) is 4.40 Å². The van der Waals surface area contributed by atoms with E-state index in [9.17, 15) is 0 Å². The van der Waals surface area contributed by atoms with Gasteiger partial charge in [0, 0.05) is 5.39 Å². The number of nitrogens with zero attached hydrogens (tertiary/aromatic N) is 3. The molecule has 0 spiro atoms. The van der Waals surface area contributed by atoms with Crippen molar-refractivity contribution in [1.82, 2.24) is 9.38 Å². The average molecular weight is 225 g/mol. The summed E-state index contributed by atoms with van der Waals surface area (Å²) in [5.74, 6) is 0.361. The standard InChI is InChI=1S/C12H7N3S/c1-7-2-3-8-4-5-10(16)15-9(6-13)14-11(7)12(8)15/h2-5H,1H3. The van der Waals surface area contributed by atoms with Crippen molar-refractivity contribution in [2.75, 3.05) is 0 Å². The molecule has 0 aliphatic carbocycles. The van der Waals surface area contributed by atoms with Crippen LogP contribution in [-0.2, 0) is 0 Å². The third-order valence-electron chi connectivity index (χ3n) is 2.76. The highest BCUT2D eigenvalue weighted by Crippen LogP contribution is 2.25. The smallest absolute Gasteiger partial charge is 0.219 e. The monoisotopic (exact) mass is 225 g/mol. The fourth-order valence-corrected chi connectivity index (χ4v) is 2.24. The van der Waals surface area contributed by atoms with Crippen LogP contribution in [0.2, 0.25) is 0 Å². The lowest BCUT2D eigenvalue weighted by Gasteiger charge is -2.00. The van der Waals surface area contributed by atoms with Crippen LogP contribution < -0.4 is 0 Å². The van der Waals surface area contributed by atoms with Gasteiger partial charge in [0.2, 0.25) is 5.82 Å². The second-order valence-corrected chi connectivity index (χ2v) is 4.14. The molecular weight excluding hydrogens is 218 g/mol. The molecule has 0 atom stereocenters. The molecule has 0 saturated carbocycles. The summed E-state index contributed by atoms with van der Waals surface area (Å²) in [6.45, 7) is 1.99. The predicted molar refractivity (Wildman–Crippen MR) is 64.2 cm³/mol. The molecule has 3 nitrogen and oxygen atoms in total. The summed E-state index contributed by atoms with van der Waals surface area (Å²) in [5, 5.41) is 10.1. The molecule has 16 heavy (non-hydrogen) atoms. The van der Waals surface area contributed by atoms with Gasteiger partial charge in [0.05, 0.1) is 11.0 Å². The van der Waals surface area contributed by atoms with Crippen LogP contribution in [0, 0.1) is 22.9 Å². The van der Waals surface area contributed by atoms with Crippen LogP contribution in [0.25, 0.3) is 16.4 Å². The minimum absolute atomic E-state index is 0.361. The number of hydrogen-bond donors (Lipinski definition) is 0. The van der Waals surface area contributed by atoms with Crippen molar-refractivity contribution in [2.24, 2.45) is 0 Å². The highest BCUT2D eigenvalue weighted by molar-refractivity contribution is 7.71. The normalized spacial score (nSPS) is 11.0. The van der Waals surface area contributed by atoms with Crippen molar-refractivity contribution in [3.8, 4) is 6.07 Å². The zero-order valence-electron chi connectivity index (χ0n) is 8.56. The first kappa shape index (κ1) is 9.25. The van der Waals surface area contributed by atoms with Gasteiger partial charge in [-0.15, -0.1) is 0 Å². The fourth-order valence-electron chi connectivity index (χ4n) is 1.99. The topological polar surface area (TPSA) is 41.1 Å². The van der Waals surface area contributed by atoms with E-state index in [2.05, 4.69) is 11.1 Å². The number of pyridine rings is 1. The van der Waals surface area contributed by atoms with Crippen molar-refractivity contribution in [2.45, 2.75) is 6.92 Å². The van der Waals surface area contributed by atoms with Crippen LogP contribution in [0.1, 0.15) is 11.4 Å². The Morgan fingerprint density at radius 1 is 1.31 bits per heavy atom. The molecule has 2 aromatic heterocycles. The third kappa shape index (κ3) is 1.01. The SMILES string of the molecule is Cc1ccc2ccc(=S)n3c(C#N)nc1c23. The quantitative estimate of drug-likeness (QED) is 0.552. The van der Waals surface area contributed by atoms with Gasteiger partial charge in [-0.05, 0) is 24.6 Å². The van der Waals surface area contributed by atoms with E-state index in [-0.39, 0.29) is 0 Å². The number of imidazole rings is 1. The molecular formula is C12H7N3S. The van der Waals surface area contributed by atoms with Gasteiger partial charge < -0.3 is 0 Å². The molecule has 0 saturated heterocycles. The van der Waals surface area contributed by atoms with Gasteiger partial charge in [-0.2, -0.15) is 5.26 Å². The Morgan fingerprint density at radius 3 is 2.81 bits per heavy atom. The van der Waals surface area contributed by atoms with E-state index in [0.29, 0.717) is 10.5 Å². The van der Waals surface area contributed by atoms with Crippen molar-refractivity contribution in [3.63, 3.8) is 0 Å². The molecule has 2 heterocycles. The zero-order valence-corrected chi connectivity index (χ0v) is 9.38. The molecule has 4 heteroatoms. The molecule has 0 aliphatic heterocycles. The number of nitriles is 1. The van der Waals surface area contributed by atoms with Crippen molar-refractivity contribution >= 4 is 28.6 Å². The molecule has 0 fully saturated rings. The van der Waals surface area contributed by atoms with E-state index >= 15 is 0 Å². The fraction of sp³-hybridized carbons (Fsp3) is 0.0833. The minimum atomic E-state index is 0.361. The number of benzene rings is 1. The maximum atomic E-state index is 9.06. The molecule has 0 radical (unpaired) electrons. The van der Waals surface area contributed by atoms with Crippen molar-refractivity contribution in [3.05, 3.63) is 40.3 Å². The van der Waals surface area contributed by atoms with Crippen LogP contribution in [0.3, 0.4) is 0 Å². The Morgan fingerprint density at radius 2 is 2.06 bits per heavy atom. The molecule has 0 amide bonds. The van der Waals surface area contributed by atoms with Crippen LogP contribution >= 0.6 is 12.2 Å². The maximum Gasteiger partial charge on any atom is 0.219 e. The predicted octanol–water partition coefficient (Wildman–Crippen LogP) is 2.83. The van der Waals surface area contributed by atoms with Gasteiger partial charge in [-0.1, -0.05) is 24.4 Å². The maximum absolute atomic E-state index is 9.06. The summed E-state index contributed by atoms with van der Waals surface area (Å²) in [7, 11) is 0. The number of aryl methyl sites for hydroxylation is 1. The molecule has 0 bridgehead atoms. The molecule has 3 aromatic rings. The molecule has 0 aliphatic rings. The molecule has 3 rings (SSSR count). The van der Waals surface area contributed by atoms with Gasteiger partial charge in [0.25, 0.3) is 0 Å². The van der Waals surface area contributed by atoms with E-state index in [1.807, 2.05) is 31.2 Å². The van der Waals surface area contributed by atoms with Crippen LogP contribution in [-0.4, -0.2) is 9.38 Å². The van der Waals surface area contributed by atoms with E-state index in [0.717, 1.165) is 22.0 Å². The summed E-state index contributed by atoms with van der Waals surface area (Å²) < 4.78 is 2.37. The van der Waals surface area contributed by atoms with Gasteiger partial charge in [-0.3, -0.25) is 4.40 Å². The summed E-state index contributed by atoms with van der Waals surface area (Å²) >= 11 is 5.23. The lowest BCUT2D eigenvalue weighted by atomic mass is 10.1. The summed E-state index contributed by atoms with van der Waals surface area (Å²) in [6.07, 6.45) is 0. The van der Waals surface area contributed by atoms with Crippen molar-refractivity contribution < 1.29 is 0 Å². The first-order valence-electron chi connectivity index (χ1n) is 4.87. The Bertz CT molecular complexity index is 795. The number of rotatable bonds is 0. The Kier molecular flexibility index (Phi) is 1.73. The molecule has 76 valence electrons. The summed E-state index contributed by atoms with van der Waals surface area (Å²) in [5.41, 5.74) is 2.87. The van der Waals surface area contributed by atoms with Crippen molar-refractivity contribution in [1.29, 1.82) is 5.26 Å². The van der Waals surface area contributed by atoms with Gasteiger partial charge >= 0.3 is 0 Å². The second kappa shape index (κ2) is 3.00. The minimum Gasteiger partial charge on any atom is -0.274 e. The first-order valence-corrected chi connectivity index (χ1v) is 5.28. The van der Waals surface area contributed by atoms with Gasteiger partial charge in [-0.25, -0.2) is 4.98 Å². The van der Waals surface area contributed by atoms with Gasteiger partial charge in [0.1, 0.15) is 10.7 Å². The van der Waals surface area contributed by atoms with Crippen LogP contribution in [0.5, 0.6) is 0 Å². The largest absolute Gasteiger partial charge is 0.274 e. The highest BCUT2D eigenvalue weighted by atomic mass is 32.1. The summed E-state index contributed by atoms with van der Waals surface area (Å²) in [4.78, 5) is 4.33. The van der Waals surface area contributed by atoms with Crippen LogP contribution in [0.15, 0.2) is 24.3 Å². The number of aromatic nitrogens is 2.